The fourth-order valence-electron chi connectivity index (χ4n) is 4.46. The molecule has 1 N–H and O–H groups in total. The summed E-state index contributed by atoms with van der Waals surface area (Å²) in [4.78, 5) is 15.2. The van der Waals surface area contributed by atoms with Crippen LogP contribution >= 0.6 is 0 Å². The van der Waals surface area contributed by atoms with E-state index in [1.807, 2.05) is 24.0 Å². The summed E-state index contributed by atoms with van der Waals surface area (Å²) in [7, 11) is -3.75. The lowest BCUT2D eigenvalue weighted by Gasteiger charge is -2.31. The van der Waals surface area contributed by atoms with Gasteiger partial charge >= 0.3 is 0 Å². The molecular weight excluding hydrogens is 372 g/mol. The van der Waals surface area contributed by atoms with Gasteiger partial charge in [0.15, 0.2) is 0 Å². The van der Waals surface area contributed by atoms with Crippen LogP contribution in [-0.4, -0.2) is 31.8 Å². The summed E-state index contributed by atoms with van der Waals surface area (Å²) in [5, 5.41) is 0. The number of carbonyl (C=O) groups is 1. The first-order valence-electron chi connectivity index (χ1n) is 9.94. The summed E-state index contributed by atoms with van der Waals surface area (Å²) >= 11 is 0. The van der Waals surface area contributed by atoms with Crippen LogP contribution in [0.1, 0.15) is 48.0 Å². The van der Waals surface area contributed by atoms with Crippen LogP contribution in [0.3, 0.4) is 0 Å². The summed E-state index contributed by atoms with van der Waals surface area (Å²) in [5.74, 6) is 0.551. The van der Waals surface area contributed by atoms with Gasteiger partial charge in [-0.05, 0) is 62.4 Å². The molecule has 2 unspecified atom stereocenters. The molecule has 4 rings (SSSR count). The SMILES string of the molecule is Cc1ccc(NS(=O)(=O)c2cccc(C(=O)N3CCC4CCCCC43)c2)cc1. The summed E-state index contributed by atoms with van der Waals surface area (Å²) < 4.78 is 28.1. The van der Waals surface area contributed by atoms with Gasteiger partial charge < -0.3 is 4.90 Å². The van der Waals surface area contributed by atoms with Gasteiger partial charge in [-0.1, -0.05) is 36.6 Å². The topological polar surface area (TPSA) is 66.5 Å². The first-order valence-corrected chi connectivity index (χ1v) is 11.4. The van der Waals surface area contributed by atoms with E-state index in [1.54, 1.807) is 24.3 Å². The van der Waals surface area contributed by atoms with Crippen molar-refractivity contribution < 1.29 is 13.2 Å². The minimum Gasteiger partial charge on any atom is -0.335 e. The van der Waals surface area contributed by atoms with Crippen LogP contribution in [0.5, 0.6) is 0 Å². The van der Waals surface area contributed by atoms with Crippen molar-refractivity contribution >= 4 is 21.6 Å². The van der Waals surface area contributed by atoms with Crippen LogP contribution in [0.2, 0.25) is 0 Å². The molecule has 6 heteroatoms. The van der Waals surface area contributed by atoms with Crippen molar-refractivity contribution in [1.29, 1.82) is 0 Å². The van der Waals surface area contributed by atoms with E-state index in [2.05, 4.69) is 4.72 Å². The molecule has 2 aromatic rings. The molecule has 2 fully saturated rings. The Bertz CT molecular complexity index is 970. The zero-order chi connectivity index (χ0) is 19.7. The molecule has 2 aliphatic rings. The molecule has 0 spiro atoms. The maximum atomic E-state index is 13.1. The molecule has 0 bridgehead atoms. The van der Waals surface area contributed by atoms with Crippen LogP contribution in [0, 0.1) is 12.8 Å². The largest absolute Gasteiger partial charge is 0.335 e. The Hall–Kier alpha value is -2.34. The lowest BCUT2D eigenvalue weighted by Crippen LogP contribution is -2.39. The number of fused-ring (bicyclic) bond motifs is 1. The minimum absolute atomic E-state index is 0.0539. The van der Waals surface area contributed by atoms with Crippen molar-refractivity contribution in [2.24, 2.45) is 5.92 Å². The van der Waals surface area contributed by atoms with Crippen LogP contribution in [-0.2, 0) is 10.0 Å². The van der Waals surface area contributed by atoms with Gasteiger partial charge in [-0.3, -0.25) is 9.52 Å². The maximum Gasteiger partial charge on any atom is 0.261 e. The van der Waals surface area contributed by atoms with E-state index in [-0.39, 0.29) is 10.8 Å². The predicted octanol–water partition coefficient (Wildman–Crippen LogP) is 4.20. The molecule has 2 aromatic carbocycles. The number of amides is 1. The van der Waals surface area contributed by atoms with Crippen LogP contribution in [0.4, 0.5) is 5.69 Å². The second-order valence-corrected chi connectivity index (χ2v) is 9.58. The van der Waals surface area contributed by atoms with Gasteiger partial charge in [0.25, 0.3) is 15.9 Å². The number of aryl methyl sites for hydroxylation is 1. The maximum absolute atomic E-state index is 13.1. The fourth-order valence-corrected chi connectivity index (χ4v) is 5.56. The van der Waals surface area contributed by atoms with Crippen molar-refractivity contribution in [2.45, 2.75) is 50.0 Å². The average Bonchev–Trinajstić information content (AvgIpc) is 3.13. The standard InChI is InChI=1S/C22H26N2O3S/c1-16-9-11-19(12-10-16)23-28(26,27)20-7-4-6-18(15-20)22(25)24-14-13-17-5-2-3-8-21(17)24/h4,6-7,9-12,15,17,21,23H,2-3,5,8,13-14H2,1H3. The van der Waals surface area contributed by atoms with Crippen LogP contribution in [0.25, 0.3) is 0 Å². The lowest BCUT2D eigenvalue weighted by atomic mass is 9.85. The quantitative estimate of drug-likeness (QED) is 0.839. The van der Waals surface area contributed by atoms with Crippen molar-refractivity contribution in [2.75, 3.05) is 11.3 Å². The number of carbonyl (C=O) groups excluding carboxylic acids is 1. The normalized spacial score (nSPS) is 22.0. The van der Waals surface area contributed by atoms with E-state index in [1.165, 1.54) is 31.4 Å². The second kappa shape index (κ2) is 7.59. The summed E-state index contributed by atoms with van der Waals surface area (Å²) in [6.45, 7) is 2.72. The third-order valence-corrected chi connectivity index (χ3v) is 7.34. The molecule has 1 aliphatic carbocycles. The van der Waals surface area contributed by atoms with Gasteiger partial charge in [-0.2, -0.15) is 0 Å². The van der Waals surface area contributed by atoms with Crippen molar-refractivity contribution in [3.63, 3.8) is 0 Å². The highest BCUT2D eigenvalue weighted by atomic mass is 32.2. The van der Waals surface area contributed by atoms with Gasteiger partial charge in [-0.25, -0.2) is 8.42 Å². The first-order chi connectivity index (χ1) is 13.4. The molecule has 1 heterocycles. The molecule has 28 heavy (non-hydrogen) atoms. The smallest absolute Gasteiger partial charge is 0.261 e. The zero-order valence-corrected chi connectivity index (χ0v) is 16.9. The molecule has 148 valence electrons. The lowest BCUT2D eigenvalue weighted by molar-refractivity contribution is 0.0690. The molecule has 0 aromatic heterocycles. The number of anilines is 1. The summed E-state index contributed by atoms with van der Waals surface area (Å²) in [6.07, 6.45) is 5.73. The molecule has 5 nitrogen and oxygen atoms in total. The number of sulfonamides is 1. The Morgan fingerprint density at radius 1 is 1.04 bits per heavy atom. The highest BCUT2D eigenvalue weighted by Crippen LogP contribution is 2.37. The van der Waals surface area contributed by atoms with E-state index in [0.29, 0.717) is 23.2 Å². The monoisotopic (exact) mass is 398 g/mol. The van der Waals surface area contributed by atoms with E-state index in [9.17, 15) is 13.2 Å². The number of likely N-dealkylation sites (tertiary alicyclic amines) is 1. The fraction of sp³-hybridized carbons (Fsp3) is 0.409. The third-order valence-electron chi connectivity index (χ3n) is 5.97. The van der Waals surface area contributed by atoms with Gasteiger partial charge in [0.2, 0.25) is 0 Å². The van der Waals surface area contributed by atoms with Crippen molar-refractivity contribution in [3.05, 3.63) is 59.7 Å². The average molecular weight is 399 g/mol. The second-order valence-electron chi connectivity index (χ2n) is 7.90. The van der Waals surface area contributed by atoms with E-state index in [4.69, 9.17) is 0 Å². The van der Waals surface area contributed by atoms with Crippen molar-refractivity contribution in [1.82, 2.24) is 4.90 Å². The Morgan fingerprint density at radius 2 is 1.79 bits per heavy atom. The molecule has 1 saturated heterocycles. The zero-order valence-electron chi connectivity index (χ0n) is 16.1. The third kappa shape index (κ3) is 3.78. The van der Waals surface area contributed by atoms with E-state index >= 15 is 0 Å². The molecular formula is C22H26N2O3S. The Kier molecular flexibility index (Phi) is 5.15. The van der Waals surface area contributed by atoms with Gasteiger partial charge in [0.05, 0.1) is 4.90 Å². The summed E-state index contributed by atoms with van der Waals surface area (Å²) in [6, 6.07) is 13.9. The summed E-state index contributed by atoms with van der Waals surface area (Å²) in [5.41, 5.74) is 2.01. The number of hydrogen-bond acceptors (Lipinski definition) is 3. The van der Waals surface area contributed by atoms with Crippen molar-refractivity contribution in [3.8, 4) is 0 Å². The molecule has 0 radical (unpaired) electrons. The van der Waals surface area contributed by atoms with Crippen LogP contribution < -0.4 is 4.72 Å². The van der Waals surface area contributed by atoms with Gasteiger partial charge in [0.1, 0.15) is 0 Å². The highest BCUT2D eigenvalue weighted by molar-refractivity contribution is 7.92. The number of hydrogen-bond donors (Lipinski definition) is 1. The number of nitrogens with zero attached hydrogens (tertiary/aromatic N) is 1. The van der Waals surface area contributed by atoms with Crippen LogP contribution in [0.15, 0.2) is 53.4 Å². The van der Waals surface area contributed by atoms with E-state index in [0.717, 1.165) is 24.9 Å². The number of nitrogens with one attached hydrogen (secondary N) is 1. The molecule has 1 amide bonds. The molecule has 1 aliphatic heterocycles. The predicted molar refractivity (Wildman–Crippen MR) is 110 cm³/mol. The minimum atomic E-state index is -3.75. The Labute approximate surface area is 166 Å². The first kappa shape index (κ1) is 19.0. The number of benzene rings is 2. The molecule has 2 atom stereocenters. The Morgan fingerprint density at radius 3 is 2.57 bits per heavy atom. The number of rotatable bonds is 4. The molecule has 1 saturated carbocycles. The Balaban J connectivity index is 1.55. The van der Waals surface area contributed by atoms with Gasteiger partial charge in [-0.15, -0.1) is 0 Å². The highest BCUT2D eigenvalue weighted by Gasteiger charge is 2.38. The van der Waals surface area contributed by atoms with E-state index < -0.39 is 10.0 Å². The van der Waals surface area contributed by atoms with Gasteiger partial charge in [0, 0.05) is 23.8 Å².